The summed E-state index contributed by atoms with van der Waals surface area (Å²) in [6.45, 7) is 5.39. The van der Waals surface area contributed by atoms with Gasteiger partial charge in [-0.1, -0.05) is 6.07 Å². The van der Waals surface area contributed by atoms with E-state index < -0.39 is 12.0 Å². The minimum atomic E-state index is -0.828. The maximum Gasteiger partial charge on any atom is 0.414 e. The zero-order chi connectivity index (χ0) is 19.3. The summed E-state index contributed by atoms with van der Waals surface area (Å²) in [6.07, 6.45) is -0.828. The van der Waals surface area contributed by atoms with Crippen LogP contribution < -0.4 is 15.4 Å². The molecule has 7 nitrogen and oxygen atoms in total. The van der Waals surface area contributed by atoms with Crippen LogP contribution in [-0.2, 0) is 4.74 Å². The first-order chi connectivity index (χ1) is 12.4. The molecule has 8 heteroatoms. The molecule has 3 amide bonds. The Morgan fingerprint density at radius 3 is 2.54 bits per heavy atom. The Bertz CT molecular complexity index is 844. The molecule has 0 bridgehead atoms. The van der Waals surface area contributed by atoms with Crippen molar-refractivity contribution in [2.45, 2.75) is 20.8 Å². The third-order valence-corrected chi connectivity index (χ3v) is 4.79. The van der Waals surface area contributed by atoms with Crippen LogP contribution >= 0.6 is 11.3 Å². The molecule has 2 rings (SSSR count). The van der Waals surface area contributed by atoms with Gasteiger partial charge in [0.05, 0.1) is 19.3 Å². The van der Waals surface area contributed by atoms with Gasteiger partial charge in [-0.25, -0.2) is 4.79 Å². The van der Waals surface area contributed by atoms with Crippen LogP contribution in [0.3, 0.4) is 0 Å². The molecule has 0 fully saturated rings. The number of hydrogen-bond acceptors (Lipinski definition) is 6. The van der Waals surface area contributed by atoms with Crippen molar-refractivity contribution < 1.29 is 23.9 Å². The zero-order valence-corrected chi connectivity index (χ0v) is 15.8. The molecule has 0 radical (unpaired) electrons. The van der Waals surface area contributed by atoms with Gasteiger partial charge in [0.1, 0.15) is 10.8 Å². The first kappa shape index (κ1) is 19.5. The predicted octanol–water partition coefficient (Wildman–Crippen LogP) is 3.51. The van der Waals surface area contributed by atoms with E-state index in [1.54, 1.807) is 38.1 Å². The molecule has 2 N–H and O–H groups in total. The number of amides is 3. The van der Waals surface area contributed by atoms with E-state index >= 15 is 0 Å². The molecule has 0 aliphatic heterocycles. The van der Waals surface area contributed by atoms with Gasteiger partial charge in [-0.2, -0.15) is 0 Å². The summed E-state index contributed by atoms with van der Waals surface area (Å²) in [4.78, 5) is 37.3. The van der Waals surface area contributed by atoms with Gasteiger partial charge in [-0.15, -0.1) is 11.3 Å². The first-order valence-corrected chi connectivity index (χ1v) is 8.72. The average molecular weight is 376 g/mol. The monoisotopic (exact) mass is 376 g/mol. The maximum atomic E-state index is 12.5. The van der Waals surface area contributed by atoms with Crippen LogP contribution in [0.2, 0.25) is 0 Å². The van der Waals surface area contributed by atoms with Gasteiger partial charge >= 0.3 is 6.09 Å². The molecule has 1 heterocycles. The van der Waals surface area contributed by atoms with Crippen molar-refractivity contribution in [2.24, 2.45) is 0 Å². The lowest BCUT2D eigenvalue weighted by atomic mass is 10.1. The molecule has 1 aromatic carbocycles. The maximum absolute atomic E-state index is 12.5. The number of aryl methyl sites for hydroxylation is 1. The lowest BCUT2D eigenvalue weighted by Crippen LogP contribution is -2.31. The average Bonchev–Trinajstić information content (AvgIpc) is 2.88. The molecule has 0 aliphatic carbocycles. The number of hydrogen-bond donors (Lipinski definition) is 2. The number of alkyl carbamates (subject to hydrolysis) is 1. The number of anilines is 1. The Hall–Kier alpha value is -2.87. The summed E-state index contributed by atoms with van der Waals surface area (Å²) in [5, 5.41) is 5.27. The Morgan fingerprint density at radius 2 is 1.88 bits per heavy atom. The molecule has 0 aliphatic rings. The standard InChI is InChI=1S/C18H20N2O5S/c1-5-25-18(23)20-16(22)14-10(2)11(3)26-17(14)19-15(21)12-7-6-8-13(9-12)24-4/h6-9H,5H2,1-4H3,(H,19,21)(H,20,22,23). The van der Waals surface area contributed by atoms with Gasteiger partial charge in [0, 0.05) is 10.4 Å². The Kier molecular flexibility index (Phi) is 6.35. The zero-order valence-electron chi connectivity index (χ0n) is 15.0. The van der Waals surface area contributed by atoms with Crippen molar-refractivity contribution in [3.63, 3.8) is 0 Å². The van der Waals surface area contributed by atoms with E-state index in [2.05, 4.69) is 10.6 Å². The highest BCUT2D eigenvalue weighted by atomic mass is 32.1. The number of rotatable bonds is 5. The van der Waals surface area contributed by atoms with E-state index in [-0.39, 0.29) is 18.1 Å². The van der Waals surface area contributed by atoms with Crippen LogP contribution in [0.5, 0.6) is 5.75 Å². The fourth-order valence-electron chi connectivity index (χ4n) is 2.25. The number of imide groups is 1. The summed E-state index contributed by atoms with van der Waals surface area (Å²) in [5.41, 5.74) is 1.33. The number of benzene rings is 1. The Morgan fingerprint density at radius 1 is 1.15 bits per heavy atom. The van der Waals surface area contributed by atoms with Crippen molar-refractivity contribution in [1.82, 2.24) is 5.32 Å². The summed E-state index contributed by atoms with van der Waals surface area (Å²) in [7, 11) is 1.51. The van der Waals surface area contributed by atoms with Gasteiger partial charge in [-0.3, -0.25) is 14.9 Å². The second-order valence-electron chi connectivity index (χ2n) is 5.35. The molecule has 138 valence electrons. The molecule has 0 spiro atoms. The van der Waals surface area contributed by atoms with Crippen molar-refractivity contribution in [3.8, 4) is 5.75 Å². The van der Waals surface area contributed by atoms with Crippen molar-refractivity contribution >= 4 is 34.2 Å². The second-order valence-corrected chi connectivity index (χ2v) is 6.57. The van der Waals surface area contributed by atoms with Gasteiger partial charge in [0.15, 0.2) is 0 Å². The molecule has 0 saturated heterocycles. The lowest BCUT2D eigenvalue weighted by Gasteiger charge is -2.09. The van der Waals surface area contributed by atoms with Crippen LogP contribution in [-0.4, -0.2) is 31.6 Å². The fourth-order valence-corrected chi connectivity index (χ4v) is 3.30. The fraction of sp³-hybridized carbons (Fsp3) is 0.278. The first-order valence-electron chi connectivity index (χ1n) is 7.90. The molecule has 2 aromatic rings. The number of carbonyl (C=O) groups excluding carboxylic acids is 3. The van der Waals surface area contributed by atoms with Gasteiger partial charge in [0.25, 0.3) is 11.8 Å². The van der Waals surface area contributed by atoms with Gasteiger partial charge in [-0.05, 0) is 44.5 Å². The Balaban J connectivity index is 2.26. The lowest BCUT2D eigenvalue weighted by molar-refractivity contribution is 0.0925. The minimum absolute atomic E-state index is 0.153. The molecule has 1 aromatic heterocycles. The third kappa shape index (κ3) is 4.40. The van der Waals surface area contributed by atoms with E-state index in [0.717, 1.165) is 4.88 Å². The van der Waals surface area contributed by atoms with Crippen LogP contribution in [0, 0.1) is 13.8 Å². The smallest absolute Gasteiger partial charge is 0.414 e. The van der Waals surface area contributed by atoms with Crippen molar-refractivity contribution in [2.75, 3.05) is 19.0 Å². The van der Waals surface area contributed by atoms with E-state index in [1.165, 1.54) is 18.4 Å². The SMILES string of the molecule is CCOC(=O)NC(=O)c1c(NC(=O)c2cccc(OC)c2)sc(C)c1C. The van der Waals surface area contributed by atoms with Crippen LogP contribution in [0.15, 0.2) is 24.3 Å². The van der Waals surface area contributed by atoms with Gasteiger partial charge in [0.2, 0.25) is 0 Å². The number of ether oxygens (including phenoxy) is 2. The summed E-state index contributed by atoms with van der Waals surface area (Å²) < 4.78 is 9.84. The van der Waals surface area contributed by atoms with E-state index in [0.29, 0.717) is 21.9 Å². The predicted molar refractivity (Wildman–Crippen MR) is 99.2 cm³/mol. The third-order valence-electron chi connectivity index (χ3n) is 3.66. The number of carbonyl (C=O) groups is 3. The summed E-state index contributed by atoms with van der Waals surface area (Å²) in [5.74, 6) is -0.446. The number of thiophene rings is 1. The Labute approximate surface area is 155 Å². The highest BCUT2D eigenvalue weighted by Crippen LogP contribution is 2.33. The largest absolute Gasteiger partial charge is 0.497 e. The van der Waals surface area contributed by atoms with Crippen LogP contribution in [0.1, 0.15) is 38.1 Å². The van der Waals surface area contributed by atoms with Crippen molar-refractivity contribution in [1.29, 1.82) is 0 Å². The second kappa shape index (κ2) is 8.48. The molecular weight excluding hydrogens is 356 g/mol. The van der Waals surface area contributed by atoms with Crippen molar-refractivity contribution in [3.05, 3.63) is 45.8 Å². The molecule has 0 unspecified atom stereocenters. The van der Waals surface area contributed by atoms with E-state index in [9.17, 15) is 14.4 Å². The van der Waals surface area contributed by atoms with E-state index in [4.69, 9.17) is 9.47 Å². The van der Waals surface area contributed by atoms with Crippen LogP contribution in [0.25, 0.3) is 0 Å². The highest BCUT2D eigenvalue weighted by Gasteiger charge is 2.23. The van der Waals surface area contributed by atoms with Crippen LogP contribution in [0.4, 0.5) is 9.80 Å². The summed E-state index contributed by atoms with van der Waals surface area (Å²) >= 11 is 1.27. The molecule has 0 saturated carbocycles. The van der Waals surface area contributed by atoms with E-state index in [1.807, 2.05) is 6.92 Å². The quantitative estimate of drug-likeness (QED) is 0.833. The summed E-state index contributed by atoms with van der Waals surface area (Å²) in [6, 6.07) is 6.67. The highest BCUT2D eigenvalue weighted by molar-refractivity contribution is 7.16. The number of methoxy groups -OCH3 is 1. The molecule has 26 heavy (non-hydrogen) atoms. The number of nitrogens with one attached hydrogen (secondary N) is 2. The molecule has 0 atom stereocenters. The topological polar surface area (TPSA) is 93.7 Å². The minimum Gasteiger partial charge on any atom is -0.497 e. The molecular formula is C18H20N2O5S. The normalized spacial score (nSPS) is 10.2. The van der Waals surface area contributed by atoms with Gasteiger partial charge < -0.3 is 14.8 Å².